The molecule has 2 aliphatic rings. The Balaban J connectivity index is 1.76. The van der Waals surface area contributed by atoms with Gasteiger partial charge in [-0.3, -0.25) is 4.79 Å². The van der Waals surface area contributed by atoms with Crippen LogP contribution in [0, 0.1) is 17.2 Å². The zero-order chi connectivity index (χ0) is 18.7. The van der Waals surface area contributed by atoms with E-state index in [0.717, 1.165) is 6.42 Å². The molecule has 0 saturated carbocycles. The molecule has 2 aliphatic heterocycles. The smallest absolute Gasteiger partial charge is 0.253 e. The molecule has 2 fully saturated rings. The summed E-state index contributed by atoms with van der Waals surface area (Å²) in [5.41, 5.74) is 0.370. The molecule has 26 heavy (non-hydrogen) atoms. The lowest BCUT2D eigenvalue weighted by molar-refractivity contribution is 0.0724. The summed E-state index contributed by atoms with van der Waals surface area (Å²) in [5, 5.41) is 8.97. The van der Waals surface area contributed by atoms with E-state index in [9.17, 15) is 13.2 Å². The van der Waals surface area contributed by atoms with Crippen molar-refractivity contribution >= 4 is 15.9 Å². The molecule has 1 aromatic rings. The lowest BCUT2D eigenvalue weighted by atomic mass is 10.0. The second-order valence-electron chi connectivity index (χ2n) is 6.73. The number of hydrogen-bond acceptors (Lipinski definition) is 5. The molecule has 1 amide bonds. The van der Waals surface area contributed by atoms with Gasteiger partial charge in [0.2, 0.25) is 10.0 Å². The molecule has 0 radical (unpaired) electrons. The van der Waals surface area contributed by atoms with Gasteiger partial charge >= 0.3 is 0 Å². The van der Waals surface area contributed by atoms with E-state index in [0.29, 0.717) is 44.6 Å². The number of carbonyl (C=O) groups excluding carboxylic acids is 1. The van der Waals surface area contributed by atoms with Crippen molar-refractivity contribution in [3.8, 4) is 6.07 Å². The molecular weight excluding hydrogens is 354 g/mol. The lowest BCUT2D eigenvalue weighted by Gasteiger charge is -2.28. The topological polar surface area (TPSA) is 90.7 Å². The van der Waals surface area contributed by atoms with E-state index in [4.69, 9.17) is 10.00 Å². The Labute approximate surface area is 154 Å². The van der Waals surface area contributed by atoms with Crippen molar-refractivity contribution in [2.75, 3.05) is 33.3 Å². The summed E-state index contributed by atoms with van der Waals surface area (Å²) in [5.74, 6) is -0.261. The molecule has 1 aromatic carbocycles. The third-order valence-corrected chi connectivity index (χ3v) is 7.02. The number of nitrogens with zero attached hydrogens (tertiary/aromatic N) is 3. The molecule has 7 nitrogen and oxygen atoms in total. The second kappa shape index (κ2) is 7.74. The number of hydrogen-bond donors (Lipinski definition) is 0. The molecule has 0 N–H and O–H groups in total. The van der Waals surface area contributed by atoms with Crippen LogP contribution in [0.2, 0.25) is 0 Å². The molecular formula is C18H23N3O4S. The van der Waals surface area contributed by atoms with E-state index in [1.165, 1.54) is 16.4 Å². The van der Waals surface area contributed by atoms with Crippen LogP contribution in [-0.2, 0) is 14.8 Å². The van der Waals surface area contributed by atoms with Gasteiger partial charge in [-0.05, 0) is 37.5 Å². The molecule has 140 valence electrons. The van der Waals surface area contributed by atoms with Crippen molar-refractivity contribution in [1.29, 1.82) is 5.26 Å². The van der Waals surface area contributed by atoms with Crippen molar-refractivity contribution in [3.05, 3.63) is 29.8 Å². The standard InChI is InChI=1S/C18H23N3O4S/c1-25-16-7-8-20(13-16)18(22)15-3-2-4-17(11-15)26(23,24)21-9-5-14(12-19)6-10-21/h2-4,11,14,16H,5-10,13H2,1H3/t16-/m0/s1. The monoisotopic (exact) mass is 377 g/mol. The molecule has 0 unspecified atom stereocenters. The number of sulfonamides is 1. The Hall–Kier alpha value is -1.95. The van der Waals surface area contributed by atoms with Crippen LogP contribution in [0.25, 0.3) is 0 Å². The fourth-order valence-electron chi connectivity index (χ4n) is 3.45. The SMILES string of the molecule is CO[C@H]1CCN(C(=O)c2cccc(S(=O)(=O)N3CCC(C#N)CC3)c2)C1. The van der Waals surface area contributed by atoms with Gasteiger partial charge in [0.05, 0.1) is 17.1 Å². The van der Waals surface area contributed by atoms with Gasteiger partial charge in [0.25, 0.3) is 5.91 Å². The van der Waals surface area contributed by atoms with Gasteiger partial charge in [0.15, 0.2) is 0 Å². The first-order valence-corrected chi connectivity index (χ1v) is 10.2. The number of amides is 1. The molecule has 8 heteroatoms. The van der Waals surface area contributed by atoms with E-state index in [1.54, 1.807) is 24.1 Å². The fraction of sp³-hybridized carbons (Fsp3) is 0.556. The van der Waals surface area contributed by atoms with Crippen molar-refractivity contribution < 1.29 is 17.9 Å². The van der Waals surface area contributed by atoms with Crippen LogP contribution in [0.15, 0.2) is 29.2 Å². The maximum atomic E-state index is 12.9. The zero-order valence-corrected chi connectivity index (χ0v) is 15.6. The molecule has 0 aliphatic carbocycles. The van der Waals surface area contributed by atoms with Gasteiger partial charge in [0.1, 0.15) is 0 Å². The third kappa shape index (κ3) is 3.75. The second-order valence-corrected chi connectivity index (χ2v) is 8.67. The summed E-state index contributed by atoms with van der Waals surface area (Å²) < 4.78 is 32.4. The maximum Gasteiger partial charge on any atom is 0.253 e. The Morgan fingerprint density at radius 3 is 2.58 bits per heavy atom. The Morgan fingerprint density at radius 2 is 1.96 bits per heavy atom. The molecule has 2 heterocycles. The minimum Gasteiger partial charge on any atom is -0.380 e. The van der Waals surface area contributed by atoms with Gasteiger partial charge < -0.3 is 9.64 Å². The molecule has 1 atom stereocenters. The first-order chi connectivity index (χ1) is 12.5. The summed E-state index contributed by atoms with van der Waals surface area (Å²) in [6.07, 6.45) is 1.90. The number of carbonyl (C=O) groups is 1. The molecule has 0 aromatic heterocycles. The molecule has 3 rings (SSSR count). The normalized spacial score (nSPS) is 22.3. The predicted octanol–water partition coefficient (Wildman–Crippen LogP) is 1.47. The highest BCUT2D eigenvalue weighted by molar-refractivity contribution is 7.89. The molecule has 0 bridgehead atoms. The van der Waals surface area contributed by atoms with Crippen LogP contribution in [0.1, 0.15) is 29.6 Å². The Bertz CT molecular complexity index is 810. The average Bonchev–Trinajstić information content (AvgIpc) is 3.17. The van der Waals surface area contributed by atoms with Crippen LogP contribution in [0.5, 0.6) is 0 Å². The number of rotatable bonds is 4. The predicted molar refractivity (Wildman–Crippen MR) is 94.9 cm³/mol. The van der Waals surface area contributed by atoms with Gasteiger partial charge in [-0.25, -0.2) is 8.42 Å². The Kier molecular flexibility index (Phi) is 5.61. The van der Waals surface area contributed by atoms with E-state index < -0.39 is 10.0 Å². The number of benzene rings is 1. The summed E-state index contributed by atoms with van der Waals surface area (Å²) >= 11 is 0. The minimum absolute atomic E-state index is 0.0345. The molecule has 2 saturated heterocycles. The lowest BCUT2D eigenvalue weighted by Crippen LogP contribution is -2.38. The first-order valence-electron chi connectivity index (χ1n) is 8.77. The average molecular weight is 377 g/mol. The van der Waals surface area contributed by atoms with Gasteiger partial charge in [0, 0.05) is 44.8 Å². The van der Waals surface area contributed by atoms with E-state index in [2.05, 4.69) is 6.07 Å². The van der Waals surface area contributed by atoms with Gasteiger partial charge in [-0.15, -0.1) is 0 Å². The highest BCUT2D eigenvalue weighted by atomic mass is 32.2. The summed E-state index contributed by atoms with van der Waals surface area (Å²) in [6.45, 7) is 1.80. The number of likely N-dealkylation sites (tertiary alicyclic amines) is 1. The quantitative estimate of drug-likeness (QED) is 0.792. The van der Waals surface area contributed by atoms with Crippen molar-refractivity contribution in [1.82, 2.24) is 9.21 Å². The highest BCUT2D eigenvalue weighted by Gasteiger charge is 2.31. The minimum atomic E-state index is -3.66. The zero-order valence-electron chi connectivity index (χ0n) is 14.8. The van der Waals surface area contributed by atoms with Crippen molar-refractivity contribution in [2.45, 2.75) is 30.3 Å². The number of ether oxygens (including phenoxy) is 1. The van der Waals surface area contributed by atoms with Crippen molar-refractivity contribution in [3.63, 3.8) is 0 Å². The van der Waals surface area contributed by atoms with Crippen LogP contribution in [0.3, 0.4) is 0 Å². The fourth-order valence-corrected chi connectivity index (χ4v) is 4.97. The summed E-state index contributed by atoms with van der Waals surface area (Å²) in [4.78, 5) is 14.5. The Morgan fingerprint density at radius 1 is 1.23 bits per heavy atom. The van der Waals surface area contributed by atoms with Gasteiger partial charge in [-0.1, -0.05) is 6.07 Å². The maximum absolute atomic E-state index is 12.9. The highest BCUT2D eigenvalue weighted by Crippen LogP contribution is 2.25. The largest absolute Gasteiger partial charge is 0.380 e. The molecule has 0 spiro atoms. The first kappa shape index (κ1) is 18.8. The van der Waals surface area contributed by atoms with E-state index >= 15 is 0 Å². The van der Waals surface area contributed by atoms with Crippen molar-refractivity contribution in [2.24, 2.45) is 5.92 Å². The van der Waals surface area contributed by atoms with Crippen LogP contribution in [-0.4, -0.2) is 62.9 Å². The van der Waals surface area contributed by atoms with E-state index in [1.807, 2.05) is 0 Å². The third-order valence-electron chi connectivity index (χ3n) is 5.12. The van der Waals surface area contributed by atoms with Crippen LogP contribution < -0.4 is 0 Å². The number of methoxy groups -OCH3 is 1. The van der Waals surface area contributed by atoms with Gasteiger partial charge in [-0.2, -0.15) is 9.57 Å². The number of nitriles is 1. The van der Waals surface area contributed by atoms with E-state index in [-0.39, 0.29) is 22.8 Å². The van der Waals surface area contributed by atoms with Crippen LogP contribution >= 0.6 is 0 Å². The van der Waals surface area contributed by atoms with Crippen LogP contribution in [0.4, 0.5) is 0 Å². The summed E-state index contributed by atoms with van der Waals surface area (Å²) in [7, 11) is -2.03. The summed E-state index contributed by atoms with van der Waals surface area (Å²) in [6, 6.07) is 8.41. The number of piperidine rings is 1.